The van der Waals surface area contributed by atoms with Gasteiger partial charge in [0.05, 0.1) is 12.4 Å². The Morgan fingerprint density at radius 3 is 2.38 bits per heavy atom. The first kappa shape index (κ1) is 22.0. The number of piperidine rings is 1. The molecule has 1 aliphatic rings. The van der Waals surface area contributed by atoms with Crippen molar-refractivity contribution < 1.29 is 13.2 Å². The standard InChI is InChI=1S/C15H22Cl2N2O3S.ClH/c1-22-11-15(5-7-18-8-6-15)10-19-23(20,21)9-12-13(16)3-2-4-14(12)17;/h2-4,18-19H,5-11H2,1H3;1H. The quantitative estimate of drug-likeness (QED) is 0.716. The molecule has 0 atom stereocenters. The second kappa shape index (κ2) is 9.57. The van der Waals surface area contributed by atoms with Crippen molar-refractivity contribution in [2.75, 3.05) is 33.4 Å². The molecule has 1 aromatic carbocycles. The summed E-state index contributed by atoms with van der Waals surface area (Å²) in [5.41, 5.74) is 0.256. The molecule has 2 N–H and O–H groups in total. The number of rotatable bonds is 7. The van der Waals surface area contributed by atoms with E-state index in [1.807, 2.05) is 0 Å². The van der Waals surface area contributed by atoms with Crippen LogP contribution in [0.3, 0.4) is 0 Å². The minimum absolute atomic E-state index is 0. The molecule has 9 heteroatoms. The lowest BCUT2D eigenvalue weighted by Crippen LogP contribution is -2.47. The smallest absolute Gasteiger partial charge is 0.215 e. The van der Waals surface area contributed by atoms with Gasteiger partial charge in [-0.1, -0.05) is 29.3 Å². The summed E-state index contributed by atoms with van der Waals surface area (Å²) in [4.78, 5) is 0. The molecule has 0 amide bonds. The molecule has 1 fully saturated rings. The second-order valence-electron chi connectivity index (χ2n) is 5.96. The lowest BCUT2D eigenvalue weighted by Gasteiger charge is -2.37. The molecule has 1 aromatic rings. The molecule has 1 saturated heterocycles. The van der Waals surface area contributed by atoms with Crippen molar-refractivity contribution in [3.8, 4) is 0 Å². The van der Waals surface area contributed by atoms with E-state index in [9.17, 15) is 8.42 Å². The lowest BCUT2D eigenvalue weighted by molar-refractivity contribution is 0.0577. The third kappa shape index (κ3) is 6.02. The molecule has 0 aromatic heterocycles. The van der Waals surface area contributed by atoms with Gasteiger partial charge in [0.2, 0.25) is 10.0 Å². The van der Waals surface area contributed by atoms with Crippen molar-refractivity contribution in [3.63, 3.8) is 0 Å². The fraction of sp³-hybridized carbons (Fsp3) is 0.600. The Balaban J connectivity index is 0.00000288. The first-order valence-corrected chi connectivity index (χ1v) is 9.88. The van der Waals surface area contributed by atoms with Crippen LogP contribution >= 0.6 is 35.6 Å². The number of nitrogens with one attached hydrogen (secondary N) is 2. The molecular weight excluding hydrogens is 395 g/mol. The summed E-state index contributed by atoms with van der Waals surface area (Å²) < 4.78 is 32.8. The number of benzene rings is 1. The van der Waals surface area contributed by atoms with Gasteiger partial charge in [0.25, 0.3) is 0 Å². The number of hydrogen-bond donors (Lipinski definition) is 2. The summed E-state index contributed by atoms with van der Waals surface area (Å²) in [5, 5.41) is 4.00. The van der Waals surface area contributed by atoms with Gasteiger partial charge in [0.15, 0.2) is 0 Å². The van der Waals surface area contributed by atoms with E-state index >= 15 is 0 Å². The average Bonchev–Trinajstić information content (AvgIpc) is 2.51. The van der Waals surface area contributed by atoms with E-state index in [4.69, 9.17) is 27.9 Å². The highest BCUT2D eigenvalue weighted by Gasteiger charge is 2.33. The Hall–Kier alpha value is -0.0800. The molecule has 0 bridgehead atoms. The zero-order valence-electron chi connectivity index (χ0n) is 13.5. The molecular formula is C15H23Cl3N2O3S. The zero-order valence-corrected chi connectivity index (χ0v) is 16.6. The van der Waals surface area contributed by atoms with Gasteiger partial charge >= 0.3 is 0 Å². The van der Waals surface area contributed by atoms with Gasteiger partial charge in [0, 0.05) is 34.7 Å². The molecule has 0 radical (unpaired) electrons. The largest absolute Gasteiger partial charge is 0.384 e. The van der Waals surface area contributed by atoms with Gasteiger partial charge in [-0.05, 0) is 38.1 Å². The Morgan fingerprint density at radius 1 is 1.25 bits per heavy atom. The van der Waals surface area contributed by atoms with E-state index in [0.717, 1.165) is 25.9 Å². The monoisotopic (exact) mass is 416 g/mol. The Labute approximate surface area is 159 Å². The van der Waals surface area contributed by atoms with Crippen molar-refractivity contribution in [1.82, 2.24) is 10.0 Å². The van der Waals surface area contributed by atoms with Crippen molar-refractivity contribution >= 4 is 45.6 Å². The molecule has 0 spiro atoms. The topological polar surface area (TPSA) is 67.4 Å². The van der Waals surface area contributed by atoms with E-state index in [2.05, 4.69) is 10.0 Å². The fourth-order valence-electron chi connectivity index (χ4n) is 2.81. The van der Waals surface area contributed by atoms with E-state index < -0.39 is 10.0 Å². The normalized spacial score (nSPS) is 17.3. The Morgan fingerprint density at radius 2 is 1.83 bits per heavy atom. The average molecular weight is 418 g/mol. The molecule has 138 valence electrons. The predicted octanol–water partition coefficient (Wildman–Crippen LogP) is 2.85. The van der Waals surface area contributed by atoms with Gasteiger partial charge in [-0.25, -0.2) is 13.1 Å². The van der Waals surface area contributed by atoms with E-state index in [1.54, 1.807) is 25.3 Å². The van der Waals surface area contributed by atoms with Crippen LogP contribution in [0.4, 0.5) is 0 Å². The summed E-state index contributed by atoms with van der Waals surface area (Å²) >= 11 is 12.1. The number of halogens is 3. The highest BCUT2D eigenvalue weighted by atomic mass is 35.5. The van der Waals surface area contributed by atoms with E-state index in [0.29, 0.717) is 28.8 Å². The maximum Gasteiger partial charge on any atom is 0.215 e. The summed E-state index contributed by atoms with van der Waals surface area (Å²) in [6.45, 7) is 2.61. The summed E-state index contributed by atoms with van der Waals surface area (Å²) in [5.74, 6) is -0.229. The molecule has 5 nitrogen and oxygen atoms in total. The van der Waals surface area contributed by atoms with Crippen LogP contribution in [0, 0.1) is 5.41 Å². The van der Waals surface area contributed by atoms with E-state index in [1.165, 1.54) is 0 Å². The van der Waals surface area contributed by atoms with Crippen molar-refractivity contribution in [2.45, 2.75) is 18.6 Å². The molecule has 2 rings (SSSR count). The van der Waals surface area contributed by atoms with Crippen molar-refractivity contribution in [2.24, 2.45) is 5.41 Å². The van der Waals surface area contributed by atoms with Crippen molar-refractivity contribution in [1.29, 1.82) is 0 Å². The highest BCUT2D eigenvalue weighted by Crippen LogP contribution is 2.29. The van der Waals surface area contributed by atoms with Crippen LogP contribution in [0.15, 0.2) is 18.2 Å². The van der Waals surface area contributed by atoms with Crippen LogP contribution in [0.25, 0.3) is 0 Å². The Bertz CT molecular complexity index is 609. The van der Waals surface area contributed by atoms with E-state index in [-0.39, 0.29) is 23.6 Å². The van der Waals surface area contributed by atoms with Crippen LogP contribution in [0.1, 0.15) is 18.4 Å². The zero-order chi connectivity index (χ0) is 16.9. The van der Waals surface area contributed by atoms with Crippen molar-refractivity contribution in [3.05, 3.63) is 33.8 Å². The van der Waals surface area contributed by atoms with Crippen LogP contribution in [0.2, 0.25) is 10.0 Å². The Kier molecular flexibility index (Phi) is 8.76. The van der Waals surface area contributed by atoms with Crippen LogP contribution in [-0.2, 0) is 20.5 Å². The third-order valence-corrected chi connectivity index (χ3v) is 6.14. The summed E-state index contributed by atoms with van der Waals surface area (Å²) in [6.07, 6.45) is 1.74. The SMILES string of the molecule is COCC1(CNS(=O)(=O)Cc2c(Cl)cccc2Cl)CCNCC1.Cl. The summed E-state index contributed by atoms with van der Waals surface area (Å²) in [6, 6.07) is 4.96. The first-order chi connectivity index (χ1) is 10.9. The maximum atomic E-state index is 12.4. The van der Waals surface area contributed by atoms with Gasteiger partial charge in [-0.3, -0.25) is 0 Å². The van der Waals surface area contributed by atoms with Gasteiger partial charge in [-0.2, -0.15) is 0 Å². The maximum absolute atomic E-state index is 12.4. The van der Waals surface area contributed by atoms with Gasteiger partial charge < -0.3 is 10.1 Å². The van der Waals surface area contributed by atoms with Crippen LogP contribution in [0.5, 0.6) is 0 Å². The molecule has 0 aliphatic carbocycles. The predicted molar refractivity (Wildman–Crippen MR) is 101 cm³/mol. The molecule has 0 unspecified atom stereocenters. The van der Waals surface area contributed by atoms with Gasteiger partial charge in [-0.15, -0.1) is 12.4 Å². The van der Waals surface area contributed by atoms with Gasteiger partial charge in [0.1, 0.15) is 0 Å². The lowest BCUT2D eigenvalue weighted by atomic mass is 9.80. The molecule has 24 heavy (non-hydrogen) atoms. The molecule has 0 saturated carbocycles. The number of hydrogen-bond acceptors (Lipinski definition) is 4. The minimum Gasteiger partial charge on any atom is -0.384 e. The second-order valence-corrected chi connectivity index (χ2v) is 8.58. The number of ether oxygens (including phenoxy) is 1. The highest BCUT2D eigenvalue weighted by molar-refractivity contribution is 7.88. The minimum atomic E-state index is -3.53. The fourth-order valence-corrected chi connectivity index (χ4v) is 4.82. The van der Waals surface area contributed by atoms with Crippen LogP contribution in [-0.4, -0.2) is 41.8 Å². The third-order valence-electron chi connectivity index (χ3n) is 4.18. The van der Waals surface area contributed by atoms with Crippen LogP contribution < -0.4 is 10.0 Å². The number of methoxy groups -OCH3 is 1. The number of sulfonamides is 1. The first-order valence-electron chi connectivity index (χ1n) is 7.47. The summed E-state index contributed by atoms with van der Waals surface area (Å²) in [7, 11) is -1.89. The molecule has 1 heterocycles. The molecule has 1 aliphatic heterocycles.